The third-order valence-electron chi connectivity index (χ3n) is 3.90. The van der Waals surface area contributed by atoms with Crippen LogP contribution in [-0.2, 0) is 6.42 Å². The van der Waals surface area contributed by atoms with E-state index in [0.29, 0.717) is 12.8 Å². The van der Waals surface area contributed by atoms with Gasteiger partial charge in [0.2, 0.25) is 0 Å². The molecule has 24 heavy (non-hydrogen) atoms. The van der Waals surface area contributed by atoms with Crippen molar-refractivity contribution in [3.8, 4) is 0 Å². The molecule has 1 rings (SSSR count). The fourth-order valence-electron chi connectivity index (χ4n) is 2.41. The van der Waals surface area contributed by atoms with Gasteiger partial charge < -0.3 is 10.3 Å². The molecular weight excluding hydrogens is 298 g/mol. The van der Waals surface area contributed by atoms with Crippen LogP contribution < -0.4 is 0 Å². The first-order valence-corrected chi connectivity index (χ1v) is 9.02. The first-order valence-electron chi connectivity index (χ1n) is 9.02. The van der Waals surface area contributed by atoms with Gasteiger partial charge in [-0.1, -0.05) is 68.3 Å². The quantitative estimate of drug-likeness (QED) is 0.178. The highest BCUT2D eigenvalue weighted by Gasteiger charge is 1.98. The molecular formula is C21H31NO2. The largest absolute Gasteiger partial charge is 0.411 e. The van der Waals surface area contributed by atoms with Crippen molar-refractivity contribution in [3.05, 3.63) is 53.6 Å². The molecule has 0 aliphatic heterocycles. The Kier molecular flexibility index (Phi) is 11.4. The summed E-state index contributed by atoms with van der Waals surface area (Å²) >= 11 is 0. The first kappa shape index (κ1) is 20.2. The fourth-order valence-corrected chi connectivity index (χ4v) is 2.41. The highest BCUT2D eigenvalue weighted by Crippen LogP contribution is 2.10. The van der Waals surface area contributed by atoms with Crippen molar-refractivity contribution in [2.75, 3.05) is 0 Å². The average Bonchev–Trinajstić information content (AvgIpc) is 2.61. The summed E-state index contributed by atoms with van der Waals surface area (Å²) in [6, 6.07) is 8.45. The maximum Gasteiger partial charge on any atom is 0.0724 e. The molecule has 0 heterocycles. The zero-order valence-corrected chi connectivity index (χ0v) is 14.8. The highest BCUT2D eigenvalue weighted by atomic mass is 16.4. The van der Waals surface area contributed by atoms with Gasteiger partial charge in [0, 0.05) is 6.21 Å². The van der Waals surface area contributed by atoms with Crippen molar-refractivity contribution in [3.63, 3.8) is 0 Å². The van der Waals surface area contributed by atoms with Crippen LogP contribution in [0.5, 0.6) is 0 Å². The molecule has 0 spiro atoms. The predicted octanol–water partition coefficient (Wildman–Crippen LogP) is 5.37. The summed E-state index contributed by atoms with van der Waals surface area (Å²) in [6.45, 7) is 2.23. The lowest BCUT2D eigenvalue weighted by molar-refractivity contribution is 0.211. The summed E-state index contributed by atoms with van der Waals surface area (Å²) in [5.41, 5.74) is 2.41. The number of hydrogen-bond donors (Lipinski definition) is 2. The third kappa shape index (κ3) is 10.0. The predicted molar refractivity (Wildman–Crippen MR) is 103 cm³/mol. The summed E-state index contributed by atoms with van der Waals surface area (Å²) < 4.78 is 0. The zero-order chi connectivity index (χ0) is 17.5. The monoisotopic (exact) mass is 329 g/mol. The molecule has 3 nitrogen and oxygen atoms in total. The second kappa shape index (κ2) is 13.6. The second-order valence-electron chi connectivity index (χ2n) is 6.07. The molecule has 0 amide bonds. The molecule has 1 unspecified atom stereocenters. The summed E-state index contributed by atoms with van der Waals surface area (Å²) in [7, 11) is 0. The van der Waals surface area contributed by atoms with Gasteiger partial charge in [0.15, 0.2) is 0 Å². The van der Waals surface area contributed by atoms with E-state index in [4.69, 9.17) is 5.21 Å². The Morgan fingerprint density at radius 1 is 1.04 bits per heavy atom. The van der Waals surface area contributed by atoms with Gasteiger partial charge in [0.05, 0.1) is 6.10 Å². The zero-order valence-electron chi connectivity index (χ0n) is 14.8. The molecule has 0 bridgehead atoms. The van der Waals surface area contributed by atoms with Crippen LogP contribution in [0.3, 0.4) is 0 Å². The summed E-state index contributed by atoms with van der Waals surface area (Å²) in [4.78, 5) is 0. The molecule has 0 saturated carbocycles. The number of allylic oxidation sites excluding steroid dienone is 2. The number of aliphatic hydroxyl groups is 1. The minimum Gasteiger partial charge on any atom is -0.411 e. The molecule has 1 aromatic rings. The smallest absolute Gasteiger partial charge is 0.0724 e. The number of hydrogen-bond acceptors (Lipinski definition) is 3. The lowest BCUT2D eigenvalue weighted by atomic mass is 10.1. The van der Waals surface area contributed by atoms with E-state index in [1.54, 1.807) is 0 Å². The summed E-state index contributed by atoms with van der Waals surface area (Å²) in [5.74, 6) is 0. The van der Waals surface area contributed by atoms with Crippen LogP contribution in [0.2, 0.25) is 0 Å². The van der Waals surface area contributed by atoms with E-state index in [-0.39, 0.29) is 0 Å². The Morgan fingerprint density at radius 2 is 1.83 bits per heavy atom. The van der Waals surface area contributed by atoms with Crippen molar-refractivity contribution in [2.45, 2.75) is 64.4 Å². The fraction of sp³-hybridized carbons (Fsp3) is 0.476. The minimum atomic E-state index is -0.456. The number of nitrogens with zero attached hydrogens (tertiary/aromatic N) is 1. The van der Waals surface area contributed by atoms with Crippen LogP contribution in [0.25, 0.3) is 6.08 Å². The molecule has 0 aliphatic carbocycles. The van der Waals surface area contributed by atoms with Gasteiger partial charge >= 0.3 is 0 Å². The standard InChI is InChI=1S/C21H31NO2/c1-2-3-4-5-6-7-10-19-12-14-20(15-13-19)16-17-21(23)11-8-9-18-22-24/h6-7,12-18,21,23-24H,2-5,8-11H2,1H3/b7-6-,17-16+,22-18-. The van der Waals surface area contributed by atoms with E-state index in [1.807, 2.05) is 12.2 Å². The van der Waals surface area contributed by atoms with Crippen LogP contribution in [0, 0.1) is 0 Å². The Balaban J connectivity index is 2.31. The Morgan fingerprint density at radius 3 is 2.54 bits per heavy atom. The molecule has 0 saturated heterocycles. The summed E-state index contributed by atoms with van der Waals surface area (Å²) in [6.07, 6.45) is 17.5. The molecule has 2 N–H and O–H groups in total. The van der Waals surface area contributed by atoms with Crippen LogP contribution in [-0.4, -0.2) is 22.6 Å². The van der Waals surface area contributed by atoms with Gasteiger partial charge in [-0.15, -0.1) is 5.16 Å². The highest BCUT2D eigenvalue weighted by molar-refractivity contribution is 5.56. The van der Waals surface area contributed by atoms with Crippen molar-refractivity contribution in [1.29, 1.82) is 0 Å². The van der Waals surface area contributed by atoms with Crippen molar-refractivity contribution in [1.82, 2.24) is 0 Å². The van der Waals surface area contributed by atoms with E-state index in [1.165, 1.54) is 37.5 Å². The topological polar surface area (TPSA) is 52.8 Å². The van der Waals surface area contributed by atoms with Gasteiger partial charge in [-0.05, 0) is 49.7 Å². The Hall–Kier alpha value is -1.87. The number of aliphatic hydroxyl groups excluding tert-OH is 1. The third-order valence-corrected chi connectivity index (χ3v) is 3.90. The maximum atomic E-state index is 9.87. The summed E-state index contributed by atoms with van der Waals surface area (Å²) in [5, 5.41) is 21.1. The van der Waals surface area contributed by atoms with Crippen molar-refractivity contribution < 1.29 is 10.3 Å². The van der Waals surface area contributed by atoms with Gasteiger partial charge in [-0.2, -0.15) is 0 Å². The Bertz CT molecular complexity index is 503. The first-order chi connectivity index (χ1) is 11.8. The van der Waals surface area contributed by atoms with Crippen LogP contribution >= 0.6 is 0 Å². The number of oxime groups is 1. The number of unbranched alkanes of at least 4 members (excludes halogenated alkanes) is 4. The van der Waals surface area contributed by atoms with E-state index in [2.05, 4.69) is 48.5 Å². The van der Waals surface area contributed by atoms with E-state index in [0.717, 1.165) is 18.4 Å². The molecule has 132 valence electrons. The van der Waals surface area contributed by atoms with E-state index in [9.17, 15) is 5.11 Å². The van der Waals surface area contributed by atoms with Gasteiger partial charge in [0.1, 0.15) is 0 Å². The molecule has 0 aromatic heterocycles. The van der Waals surface area contributed by atoms with Gasteiger partial charge in [-0.25, -0.2) is 0 Å². The molecule has 0 radical (unpaired) electrons. The molecule has 3 heteroatoms. The van der Waals surface area contributed by atoms with Crippen LogP contribution in [0.15, 0.2) is 47.6 Å². The normalized spacial score (nSPS) is 13.4. The average molecular weight is 329 g/mol. The van der Waals surface area contributed by atoms with Crippen LogP contribution in [0.4, 0.5) is 0 Å². The van der Waals surface area contributed by atoms with Crippen molar-refractivity contribution in [2.24, 2.45) is 5.16 Å². The lowest BCUT2D eigenvalue weighted by Gasteiger charge is -2.03. The van der Waals surface area contributed by atoms with Gasteiger partial charge in [0.25, 0.3) is 0 Å². The molecule has 1 atom stereocenters. The molecule has 0 fully saturated rings. The van der Waals surface area contributed by atoms with Gasteiger partial charge in [-0.3, -0.25) is 0 Å². The lowest BCUT2D eigenvalue weighted by Crippen LogP contribution is -2.01. The van der Waals surface area contributed by atoms with Crippen molar-refractivity contribution >= 4 is 12.3 Å². The Labute approximate surface area is 146 Å². The van der Waals surface area contributed by atoms with E-state index < -0.39 is 6.10 Å². The van der Waals surface area contributed by atoms with E-state index >= 15 is 0 Å². The minimum absolute atomic E-state index is 0.456. The molecule has 0 aliphatic rings. The maximum absolute atomic E-state index is 9.87. The van der Waals surface area contributed by atoms with Crippen LogP contribution in [0.1, 0.15) is 63.0 Å². The second-order valence-corrected chi connectivity index (χ2v) is 6.07. The number of benzene rings is 1. The number of rotatable bonds is 12. The molecule has 1 aromatic carbocycles. The SMILES string of the molecule is CCCCC/C=C\Cc1ccc(/C=C/C(O)CCC/C=N\O)cc1.